The van der Waals surface area contributed by atoms with E-state index in [0.717, 1.165) is 18.5 Å². The van der Waals surface area contributed by atoms with Gasteiger partial charge in [0, 0.05) is 6.04 Å². The van der Waals surface area contributed by atoms with Crippen LogP contribution in [-0.4, -0.2) is 12.6 Å². The van der Waals surface area contributed by atoms with Crippen LogP contribution in [-0.2, 0) is 6.42 Å². The van der Waals surface area contributed by atoms with Gasteiger partial charge >= 0.3 is 0 Å². The second-order valence-electron chi connectivity index (χ2n) is 5.02. The molecular weight excluding hydrogens is 194 g/mol. The third-order valence-electron chi connectivity index (χ3n) is 3.81. The van der Waals surface area contributed by atoms with Crippen molar-refractivity contribution in [2.24, 2.45) is 5.92 Å². The zero-order valence-electron chi connectivity index (χ0n) is 10.3. The second-order valence-corrected chi connectivity index (χ2v) is 5.02. The van der Waals surface area contributed by atoms with Crippen molar-refractivity contribution < 1.29 is 0 Å². The van der Waals surface area contributed by atoms with Gasteiger partial charge in [0.05, 0.1) is 0 Å². The fraction of sp³-hybridized carbons (Fsp3) is 0.600. The molecule has 1 aliphatic rings. The Morgan fingerprint density at radius 3 is 2.62 bits per heavy atom. The lowest BCUT2D eigenvalue weighted by molar-refractivity contribution is 0.241. The van der Waals surface area contributed by atoms with Crippen LogP contribution in [0, 0.1) is 5.92 Å². The van der Waals surface area contributed by atoms with E-state index in [1.807, 2.05) is 0 Å². The van der Waals surface area contributed by atoms with E-state index in [4.69, 9.17) is 0 Å². The first-order chi connectivity index (χ1) is 7.86. The summed E-state index contributed by atoms with van der Waals surface area (Å²) in [6.45, 7) is 3.50. The van der Waals surface area contributed by atoms with Crippen LogP contribution in [0.5, 0.6) is 0 Å². The Bertz CT molecular complexity index is 290. The third kappa shape index (κ3) is 3.34. The van der Waals surface area contributed by atoms with E-state index in [-0.39, 0.29) is 0 Å². The highest BCUT2D eigenvalue weighted by atomic mass is 14.9. The Kier molecular flexibility index (Phi) is 4.41. The Morgan fingerprint density at radius 1 is 1.25 bits per heavy atom. The van der Waals surface area contributed by atoms with Crippen LogP contribution in [0.2, 0.25) is 0 Å². The van der Waals surface area contributed by atoms with E-state index in [2.05, 4.69) is 42.6 Å². The highest BCUT2D eigenvalue weighted by Gasteiger charge is 2.22. The second kappa shape index (κ2) is 6.05. The summed E-state index contributed by atoms with van der Waals surface area (Å²) in [6.07, 6.45) is 6.77. The number of hydrogen-bond donors (Lipinski definition) is 1. The van der Waals surface area contributed by atoms with Gasteiger partial charge in [-0.15, -0.1) is 0 Å². The molecule has 1 aliphatic carbocycles. The molecule has 0 bridgehead atoms. The van der Waals surface area contributed by atoms with Crippen LogP contribution in [0.25, 0.3) is 0 Å². The molecule has 1 nitrogen and oxygen atoms in total. The number of nitrogens with one attached hydrogen (secondary N) is 1. The molecule has 0 saturated heterocycles. The van der Waals surface area contributed by atoms with E-state index >= 15 is 0 Å². The van der Waals surface area contributed by atoms with Crippen LogP contribution in [0.4, 0.5) is 0 Å². The normalized spacial score (nSPS) is 18.1. The minimum absolute atomic E-state index is 0.726. The van der Waals surface area contributed by atoms with Gasteiger partial charge in [-0.1, -0.05) is 36.8 Å². The predicted octanol–water partition coefficient (Wildman–Crippen LogP) is 3.40. The first-order valence-corrected chi connectivity index (χ1v) is 6.63. The van der Waals surface area contributed by atoms with Gasteiger partial charge in [-0.3, -0.25) is 0 Å². The van der Waals surface area contributed by atoms with E-state index < -0.39 is 0 Å². The van der Waals surface area contributed by atoms with Gasteiger partial charge in [0.25, 0.3) is 0 Å². The quantitative estimate of drug-likeness (QED) is 0.720. The average molecular weight is 217 g/mol. The smallest absolute Gasteiger partial charge is 0.00669 e. The average Bonchev–Trinajstić information content (AvgIpc) is 2.23. The fourth-order valence-corrected chi connectivity index (χ4v) is 2.37. The Labute approximate surface area is 99.3 Å². The highest BCUT2D eigenvalue weighted by Crippen LogP contribution is 2.29. The molecule has 0 aromatic heterocycles. The molecule has 1 aromatic rings. The molecule has 1 unspecified atom stereocenters. The number of benzene rings is 1. The van der Waals surface area contributed by atoms with Crippen molar-refractivity contribution in [3.05, 3.63) is 35.9 Å². The first-order valence-electron chi connectivity index (χ1n) is 6.63. The summed E-state index contributed by atoms with van der Waals surface area (Å²) in [5.41, 5.74) is 1.46. The molecule has 0 amide bonds. The van der Waals surface area contributed by atoms with Crippen LogP contribution in [0.3, 0.4) is 0 Å². The fourth-order valence-electron chi connectivity index (χ4n) is 2.37. The molecule has 1 N–H and O–H groups in total. The molecule has 2 rings (SSSR count). The third-order valence-corrected chi connectivity index (χ3v) is 3.81. The van der Waals surface area contributed by atoms with E-state index in [1.54, 1.807) is 0 Å². The van der Waals surface area contributed by atoms with Crippen molar-refractivity contribution in [1.29, 1.82) is 0 Å². The van der Waals surface area contributed by atoms with Gasteiger partial charge in [0.2, 0.25) is 0 Å². The van der Waals surface area contributed by atoms with E-state index in [0.29, 0.717) is 0 Å². The Hall–Kier alpha value is -0.820. The summed E-state index contributed by atoms with van der Waals surface area (Å²) < 4.78 is 0. The van der Waals surface area contributed by atoms with Crippen LogP contribution in [0.15, 0.2) is 30.3 Å². The van der Waals surface area contributed by atoms with Crippen molar-refractivity contribution in [3.63, 3.8) is 0 Å². The Morgan fingerprint density at radius 2 is 2.00 bits per heavy atom. The lowest BCUT2D eigenvalue weighted by Crippen LogP contribution is -2.37. The summed E-state index contributed by atoms with van der Waals surface area (Å²) in [5, 5.41) is 3.65. The maximum Gasteiger partial charge on any atom is 0.00669 e. The van der Waals surface area contributed by atoms with Crippen molar-refractivity contribution in [2.45, 2.75) is 45.1 Å². The van der Waals surface area contributed by atoms with E-state index in [1.165, 1.54) is 37.7 Å². The van der Waals surface area contributed by atoms with Crippen LogP contribution in [0.1, 0.15) is 38.2 Å². The minimum Gasteiger partial charge on any atom is -0.314 e. The van der Waals surface area contributed by atoms with Crippen LogP contribution >= 0.6 is 0 Å². The topological polar surface area (TPSA) is 12.0 Å². The SMILES string of the molecule is CC(NCCCc1ccccc1)C1CCC1. The molecule has 1 saturated carbocycles. The van der Waals surface area contributed by atoms with Crippen molar-refractivity contribution in [1.82, 2.24) is 5.32 Å². The maximum atomic E-state index is 3.65. The lowest BCUT2D eigenvalue weighted by Gasteiger charge is -2.32. The molecule has 0 heterocycles. The number of aryl methyl sites for hydroxylation is 1. The highest BCUT2D eigenvalue weighted by molar-refractivity contribution is 5.14. The molecule has 1 heteroatoms. The van der Waals surface area contributed by atoms with Gasteiger partial charge in [0.15, 0.2) is 0 Å². The van der Waals surface area contributed by atoms with Gasteiger partial charge < -0.3 is 5.32 Å². The molecule has 16 heavy (non-hydrogen) atoms. The van der Waals surface area contributed by atoms with Gasteiger partial charge in [-0.05, 0) is 50.6 Å². The number of hydrogen-bond acceptors (Lipinski definition) is 1. The standard InChI is InChI=1S/C15H23N/c1-13(15-10-5-11-15)16-12-6-9-14-7-3-2-4-8-14/h2-4,7-8,13,15-16H,5-6,9-12H2,1H3. The van der Waals surface area contributed by atoms with Crippen molar-refractivity contribution >= 4 is 0 Å². The van der Waals surface area contributed by atoms with E-state index in [9.17, 15) is 0 Å². The molecule has 88 valence electrons. The molecular formula is C15H23N. The summed E-state index contributed by atoms with van der Waals surface area (Å²) in [4.78, 5) is 0. The van der Waals surface area contributed by atoms with Crippen LogP contribution < -0.4 is 5.32 Å². The zero-order chi connectivity index (χ0) is 11.2. The van der Waals surface area contributed by atoms with Gasteiger partial charge in [-0.2, -0.15) is 0 Å². The number of rotatable bonds is 6. The summed E-state index contributed by atoms with van der Waals surface area (Å²) >= 11 is 0. The molecule has 0 spiro atoms. The molecule has 0 aliphatic heterocycles. The molecule has 0 radical (unpaired) electrons. The lowest BCUT2D eigenvalue weighted by atomic mass is 9.80. The maximum absolute atomic E-state index is 3.65. The minimum atomic E-state index is 0.726. The zero-order valence-corrected chi connectivity index (χ0v) is 10.3. The largest absolute Gasteiger partial charge is 0.314 e. The first kappa shape index (κ1) is 11.7. The monoisotopic (exact) mass is 217 g/mol. The van der Waals surface area contributed by atoms with Crippen molar-refractivity contribution in [3.8, 4) is 0 Å². The Balaban J connectivity index is 1.58. The molecule has 1 fully saturated rings. The summed E-state index contributed by atoms with van der Waals surface area (Å²) in [6, 6.07) is 11.5. The van der Waals surface area contributed by atoms with Gasteiger partial charge in [-0.25, -0.2) is 0 Å². The van der Waals surface area contributed by atoms with Gasteiger partial charge in [0.1, 0.15) is 0 Å². The van der Waals surface area contributed by atoms with Crippen molar-refractivity contribution in [2.75, 3.05) is 6.54 Å². The molecule has 1 aromatic carbocycles. The summed E-state index contributed by atoms with van der Waals surface area (Å²) in [5.74, 6) is 0.955. The predicted molar refractivity (Wildman–Crippen MR) is 69.6 cm³/mol. The summed E-state index contributed by atoms with van der Waals surface area (Å²) in [7, 11) is 0. The molecule has 1 atom stereocenters.